The van der Waals surface area contributed by atoms with Gasteiger partial charge in [-0.15, -0.1) is 0 Å². The van der Waals surface area contributed by atoms with Gasteiger partial charge in [0.25, 0.3) is 0 Å². The van der Waals surface area contributed by atoms with Gasteiger partial charge in [-0.05, 0) is 30.7 Å². The van der Waals surface area contributed by atoms with E-state index >= 15 is 0 Å². The number of aromatic amines is 1. The molecule has 0 amide bonds. The Hall–Kier alpha value is -2.42. The molecular weight excluding hydrogens is 224 g/mol. The van der Waals surface area contributed by atoms with Crippen molar-refractivity contribution in [3.05, 3.63) is 64.4 Å². The molecule has 0 bridgehead atoms. The zero-order valence-corrected chi connectivity index (χ0v) is 9.97. The Morgan fingerprint density at radius 3 is 2.83 bits per heavy atom. The molecule has 88 valence electrons. The lowest BCUT2D eigenvalue weighted by Crippen LogP contribution is -2.03. The van der Waals surface area contributed by atoms with E-state index in [1.165, 1.54) is 0 Å². The highest BCUT2D eigenvalue weighted by molar-refractivity contribution is 5.77. The molecule has 0 atom stereocenters. The minimum atomic E-state index is -0.00615. The number of benzene rings is 1. The molecule has 0 radical (unpaired) electrons. The van der Waals surface area contributed by atoms with Crippen molar-refractivity contribution in [2.24, 2.45) is 0 Å². The van der Waals surface area contributed by atoms with Crippen LogP contribution >= 0.6 is 0 Å². The van der Waals surface area contributed by atoms with Crippen LogP contribution in [0.5, 0.6) is 0 Å². The lowest BCUT2D eigenvalue weighted by atomic mass is 10.1. The van der Waals surface area contributed by atoms with Crippen LogP contribution in [-0.2, 0) is 0 Å². The number of pyridine rings is 2. The molecule has 18 heavy (non-hydrogen) atoms. The second kappa shape index (κ2) is 4.11. The molecular formula is C15H12N2O. The van der Waals surface area contributed by atoms with Crippen LogP contribution in [0.15, 0.2) is 53.5 Å². The highest BCUT2D eigenvalue weighted by atomic mass is 16.1. The molecule has 0 saturated carbocycles. The maximum atomic E-state index is 12.0. The van der Waals surface area contributed by atoms with Gasteiger partial charge in [0.15, 0.2) is 5.43 Å². The van der Waals surface area contributed by atoms with Crippen molar-refractivity contribution in [2.45, 2.75) is 6.92 Å². The van der Waals surface area contributed by atoms with Crippen LogP contribution in [0.4, 0.5) is 0 Å². The van der Waals surface area contributed by atoms with Crippen molar-refractivity contribution >= 4 is 11.0 Å². The van der Waals surface area contributed by atoms with Gasteiger partial charge in [-0.25, -0.2) is 4.98 Å². The summed E-state index contributed by atoms with van der Waals surface area (Å²) in [5.74, 6) is 0. The first-order chi connectivity index (χ1) is 8.74. The average molecular weight is 236 g/mol. The summed E-state index contributed by atoms with van der Waals surface area (Å²) in [4.78, 5) is 19.4. The molecule has 0 spiro atoms. The maximum absolute atomic E-state index is 12.0. The first-order valence-electron chi connectivity index (χ1n) is 5.79. The number of aromatic nitrogens is 2. The molecule has 0 aliphatic carbocycles. The Balaban J connectivity index is 2.28. The highest BCUT2D eigenvalue weighted by Crippen LogP contribution is 2.18. The van der Waals surface area contributed by atoms with E-state index < -0.39 is 0 Å². The molecule has 0 unspecified atom stereocenters. The highest BCUT2D eigenvalue weighted by Gasteiger charge is 2.04. The van der Waals surface area contributed by atoms with Gasteiger partial charge < -0.3 is 4.98 Å². The van der Waals surface area contributed by atoms with Gasteiger partial charge in [0.05, 0.1) is 11.1 Å². The number of nitrogens with zero attached hydrogens (tertiary/aromatic N) is 1. The first-order valence-corrected chi connectivity index (χ1v) is 5.79. The summed E-state index contributed by atoms with van der Waals surface area (Å²) in [6, 6.07) is 13.2. The molecule has 3 nitrogen and oxygen atoms in total. The number of hydrogen-bond donors (Lipinski definition) is 1. The summed E-state index contributed by atoms with van der Waals surface area (Å²) in [5.41, 5.74) is 3.58. The Morgan fingerprint density at radius 2 is 2.00 bits per heavy atom. The van der Waals surface area contributed by atoms with E-state index in [4.69, 9.17) is 0 Å². The number of nitrogens with one attached hydrogen (secondary N) is 1. The summed E-state index contributed by atoms with van der Waals surface area (Å²) < 4.78 is 0. The fourth-order valence-electron chi connectivity index (χ4n) is 2.04. The molecule has 1 aromatic carbocycles. The second-order valence-electron chi connectivity index (χ2n) is 4.32. The van der Waals surface area contributed by atoms with Crippen molar-refractivity contribution in [3.8, 4) is 11.3 Å². The number of fused-ring (bicyclic) bond motifs is 1. The number of hydrogen-bond acceptors (Lipinski definition) is 2. The predicted molar refractivity (Wildman–Crippen MR) is 72.5 cm³/mol. The smallest absolute Gasteiger partial charge is 0.191 e. The fourth-order valence-corrected chi connectivity index (χ4v) is 2.04. The van der Waals surface area contributed by atoms with Gasteiger partial charge in [0.2, 0.25) is 0 Å². The number of aryl methyl sites for hydroxylation is 1. The van der Waals surface area contributed by atoms with Crippen LogP contribution in [-0.4, -0.2) is 9.97 Å². The lowest BCUT2D eigenvalue weighted by Gasteiger charge is -2.04. The standard InChI is InChI=1S/C15H12N2O/c1-10-4-2-5-11(8-10)13-9-14(18)12-6-3-7-16-15(12)17-13/h2-9H,1H3,(H,16,17,18). The molecule has 0 fully saturated rings. The van der Waals surface area contributed by atoms with Crippen LogP contribution in [0.2, 0.25) is 0 Å². The topological polar surface area (TPSA) is 45.8 Å². The molecule has 2 aromatic heterocycles. The van der Waals surface area contributed by atoms with Crippen LogP contribution < -0.4 is 5.43 Å². The Labute approximate surface area is 104 Å². The summed E-state index contributed by atoms with van der Waals surface area (Å²) in [7, 11) is 0. The predicted octanol–water partition coefficient (Wildman–Crippen LogP) is 2.90. The number of rotatable bonds is 1. The number of H-pyrrole nitrogens is 1. The Bertz CT molecular complexity index is 775. The fraction of sp³-hybridized carbons (Fsp3) is 0.0667. The van der Waals surface area contributed by atoms with E-state index in [9.17, 15) is 4.79 Å². The largest absolute Gasteiger partial charge is 0.339 e. The summed E-state index contributed by atoms with van der Waals surface area (Å²) >= 11 is 0. The lowest BCUT2D eigenvalue weighted by molar-refractivity contribution is 1.27. The van der Waals surface area contributed by atoms with E-state index in [2.05, 4.69) is 9.97 Å². The van der Waals surface area contributed by atoms with E-state index in [1.54, 1.807) is 24.4 Å². The Morgan fingerprint density at radius 1 is 1.11 bits per heavy atom. The van der Waals surface area contributed by atoms with Crippen LogP contribution in [0.25, 0.3) is 22.3 Å². The zero-order valence-electron chi connectivity index (χ0n) is 9.97. The first kappa shape index (κ1) is 10.7. The van der Waals surface area contributed by atoms with E-state index in [1.807, 2.05) is 31.2 Å². The third-order valence-corrected chi connectivity index (χ3v) is 2.93. The zero-order chi connectivity index (χ0) is 12.5. The van der Waals surface area contributed by atoms with Crippen LogP contribution in [0.1, 0.15) is 5.56 Å². The quantitative estimate of drug-likeness (QED) is 0.706. The molecule has 3 rings (SSSR count). The van der Waals surface area contributed by atoms with Gasteiger partial charge in [-0.3, -0.25) is 4.79 Å². The molecule has 2 heterocycles. The second-order valence-corrected chi connectivity index (χ2v) is 4.32. The molecule has 3 heteroatoms. The average Bonchev–Trinajstić information content (AvgIpc) is 2.39. The van der Waals surface area contributed by atoms with Crippen molar-refractivity contribution in [1.82, 2.24) is 9.97 Å². The van der Waals surface area contributed by atoms with Gasteiger partial charge in [-0.2, -0.15) is 0 Å². The molecule has 3 aromatic rings. The van der Waals surface area contributed by atoms with E-state index in [-0.39, 0.29) is 5.43 Å². The van der Waals surface area contributed by atoms with Gasteiger partial charge in [0, 0.05) is 12.3 Å². The van der Waals surface area contributed by atoms with E-state index in [0.29, 0.717) is 11.0 Å². The maximum Gasteiger partial charge on any atom is 0.191 e. The van der Waals surface area contributed by atoms with Gasteiger partial charge in [0.1, 0.15) is 5.65 Å². The van der Waals surface area contributed by atoms with Gasteiger partial charge >= 0.3 is 0 Å². The van der Waals surface area contributed by atoms with Crippen LogP contribution in [0.3, 0.4) is 0 Å². The molecule has 0 saturated heterocycles. The minimum Gasteiger partial charge on any atom is -0.339 e. The monoisotopic (exact) mass is 236 g/mol. The normalized spacial score (nSPS) is 10.7. The third kappa shape index (κ3) is 1.80. The van der Waals surface area contributed by atoms with Crippen molar-refractivity contribution in [2.75, 3.05) is 0 Å². The molecule has 1 N–H and O–H groups in total. The molecule has 0 aliphatic rings. The minimum absolute atomic E-state index is 0.00615. The van der Waals surface area contributed by atoms with Gasteiger partial charge in [-0.1, -0.05) is 23.8 Å². The SMILES string of the molecule is Cc1cccc(-c2cc(=O)c3cccnc3[nH]2)c1. The van der Waals surface area contributed by atoms with E-state index in [0.717, 1.165) is 16.8 Å². The van der Waals surface area contributed by atoms with Crippen molar-refractivity contribution < 1.29 is 0 Å². The third-order valence-electron chi connectivity index (χ3n) is 2.93. The molecule has 0 aliphatic heterocycles. The summed E-state index contributed by atoms with van der Waals surface area (Å²) in [6.45, 7) is 2.03. The van der Waals surface area contributed by atoms with Crippen molar-refractivity contribution in [3.63, 3.8) is 0 Å². The van der Waals surface area contributed by atoms with Crippen molar-refractivity contribution in [1.29, 1.82) is 0 Å². The summed E-state index contributed by atoms with van der Waals surface area (Å²) in [6.07, 6.45) is 1.68. The van der Waals surface area contributed by atoms with Crippen LogP contribution in [0, 0.1) is 6.92 Å². The summed E-state index contributed by atoms with van der Waals surface area (Å²) in [5, 5.41) is 0.619. The Kier molecular flexibility index (Phi) is 2.45.